The molecule has 0 radical (unpaired) electrons. The molecule has 3 heteroatoms. The molecular weight excluding hydrogens is 216 g/mol. The Morgan fingerprint density at radius 2 is 1.12 bits per heavy atom. The number of hydrogen-bond acceptors (Lipinski definition) is 3. The van der Waals surface area contributed by atoms with Crippen LogP contribution in [-0.2, 0) is 14.8 Å². The fourth-order valence-corrected chi connectivity index (χ4v) is 1.76. The van der Waals surface area contributed by atoms with Crippen LogP contribution in [0.2, 0.25) is 0 Å². The van der Waals surface area contributed by atoms with E-state index in [2.05, 4.69) is 16.8 Å². The van der Waals surface area contributed by atoms with Gasteiger partial charge in [-0.05, 0) is 13.3 Å². The van der Waals surface area contributed by atoms with Crippen LogP contribution in [-0.4, -0.2) is 13.2 Å². The molecule has 0 aliphatic rings. The average molecular weight is 246 g/mol. The van der Waals surface area contributed by atoms with Crippen LogP contribution in [0.15, 0.2) is 0 Å². The van der Waals surface area contributed by atoms with Gasteiger partial charge in [-0.1, -0.05) is 69.7 Å². The molecule has 0 bridgehead atoms. The van der Waals surface area contributed by atoms with Crippen LogP contribution < -0.4 is 0 Å². The SMILES string of the molecule is CCCCCCCCCCCCOOOCC. The highest BCUT2D eigenvalue weighted by Gasteiger charge is 1.93. The van der Waals surface area contributed by atoms with Crippen molar-refractivity contribution >= 4 is 0 Å². The van der Waals surface area contributed by atoms with E-state index in [1.54, 1.807) is 0 Å². The molecule has 0 unspecified atom stereocenters. The number of hydrogen-bond donors (Lipinski definition) is 0. The van der Waals surface area contributed by atoms with Crippen molar-refractivity contribution in [3.63, 3.8) is 0 Å². The topological polar surface area (TPSA) is 27.7 Å². The van der Waals surface area contributed by atoms with Crippen LogP contribution in [0.4, 0.5) is 0 Å². The quantitative estimate of drug-likeness (QED) is 0.250. The van der Waals surface area contributed by atoms with Gasteiger partial charge in [-0.2, -0.15) is 0 Å². The second-order valence-corrected chi connectivity index (χ2v) is 4.48. The summed E-state index contributed by atoms with van der Waals surface area (Å²) in [7, 11) is 0. The third-order valence-corrected chi connectivity index (χ3v) is 2.80. The van der Waals surface area contributed by atoms with E-state index in [0.717, 1.165) is 6.42 Å². The summed E-state index contributed by atoms with van der Waals surface area (Å²) in [6, 6.07) is 0. The van der Waals surface area contributed by atoms with Gasteiger partial charge >= 0.3 is 0 Å². The minimum Gasteiger partial charge on any atom is -0.206 e. The minimum atomic E-state index is 0.526. The minimum absolute atomic E-state index is 0.526. The molecule has 0 spiro atoms. The van der Waals surface area contributed by atoms with Crippen molar-refractivity contribution in [1.29, 1.82) is 0 Å². The molecule has 0 rings (SSSR count). The third kappa shape index (κ3) is 15.9. The zero-order chi connectivity index (χ0) is 12.6. The van der Waals surface area contributed by atoms with E-state index in [9.17, 15) is 0 Å². The number of unbranched alkanes of at least 4 members (excludes halogenated alkanes) is 9. The average Bonchev–Trinajstić information content (AvgIpc) is 2.35. The van der Waals surface area contributed by atoms with Crippen molar-refractivity contribution in [3.8, 4) is 0 Å². The lowest BCUT2D eigenvalue weighted by atomic mass is 10.1. The largest absolute Gasteiger partial charge is 0.206 e. The summed E-state index contributed by atoms with van der Waals surface area (Å²) < 4.78 is 0. The van der Waals surface area contributed by atoms with Gasteiger partial charge in [0, 0.05) is 0 Å². The van der Waals surface area contributed by atoms with Crippen molar-refractivity contribution in [2.24, 2.45) is 0 Å². The maximum atomic E-state index is 4.82. The third-order valence-electron chi connectivity index (χ3n) is 2.80. The van der Waals surface area contributed by atoms with E-state index in [1.165, 1.54) is 57.8 Å². The van der Waals surface area contributed by atoms with Gasteiger partial charge in [-0.25, -0.2) is 9.78 Å². The summed E-state index contributed by atoms with van der Waals surface area (Å²) in [4.78, 5) is 9.43. The molecule has 0 atom stereocenters. The van der Waals surface area contributed by atoms with Crippen molar-refractivity contribution in [3.05, 3.63) is 0 Å². The Morgan fingerprint density at radius 3 is 1.65 bits per heavy atom. The molecule has 0 aliphatic heterocycles. The zero-order valence-corrected chi connectivity index (χ0v) is 11.7. The molecule has 0 aromatic carbocycles. The van der Waals surface area contributed by atoms with Crippen LogP contribution in [0, 0.1) is 0 Å². The van der Waals surface area contributed by atoms with E-state index < -0.39 is 0 Å². The molecule has 0 heterocycles. The van der Waals surface area contributed by atoms with Crippen LogP contribution in [0.25, 0.3) is 0 Å². The van der Waals surface area contributed by atoms with Crippen molar-refractivity contribution in [2.75, 3.05) is 13.2 Å². The molecule has 0 aromatic rings. The molecule has 0 aromatic heterocycles. The van der Waals surface area contributed by atoms with E-state index in [4.69, 9.17) is 4.89 Å². The Labute approximate surface area is 107 Å². The first-order chi connectivity index (χ1) is 8.41. The lowest BCUT2D eigenvalue weighted by Crippen LogP contribution is -1.98. The van der Waals surface area contributed by atoms with E-state index in [-0.39, 0.29) is 0 Å². The lowest BCUT2D eigenvalue weighted by molar-refractivity contribution is -0.511. The highest BCUT2D eigenvalue weighted by molar-refractivity contribution is 4.46. The molecule has 0 fully saturated rings. The second kappa shape index (κ2) is 15.9. The Balaban J connectivity index is 2.85. The zero-order valence-electron chi connectivity index (χ0n) is 11.7. The van der Waals surface area contributed by atoms with E-state index in [1.807, 2.05) is 6.92 Å². The second-order valence-electron chi connectivity index (χ2n) is 4.48. The summed E-state index contributed by atoms with van der Waals surface area (Å²) in [6.07, 6.45) is 13.3. The first-order valence-corrected chi connectivity index (χ1v) is 7.32. The van der Waals surface area contributed by atoms with Crippen LogP contribution >= 0.6 is 0 Å². The predicted octanol–water partition coefficient (Wildman–Crippen LogP) is 4.81. The van der Waals surface area contributed by atoms with E-state index in [0.29, 0.717) is 13.2 Å². The molecule has 3 nitrogen and oxygen atoms in total. The highest BCUT2D eigenvalue weighted by Crippen LogP contribution is 2.10. The van der Waals surface area contributed by atoms with Gasteiger partial charge in [-0.15, -0.1) is 0 Å². The molecule has 0 saturated carbocycles. The smallest absolute Gasteiger partial charge is 0.0853 e. The summed E-state index contributed by atoms with van der Waals surface area (Å²) >= 11 is 0. The van der Waals surface area contributed by atoms with Crippen LogP contribution in [0.3, 0.4) is 0 Å². The summed E-state index contributed by atoms with van der Waals surface area (Å²) in [6.45, 7) is 5.29. The Kier molecular flexibility index (Phi) is 15.8. The van der Waals surface area contributed by atoms with Crippen LogP contribution in [0.5, 0.6) is 0 Å². The molecule has 0 aliphatic carbocycles. The molecule has 104 valence electrons. The Bertz CT molecular complexity index is 115. The maximum absolute atomic E-state index is 4.82. The van der Waals surface area contributed by atoms with Gasteiger partial charge in [0.25, 0.3) is 0 Å². The monoisotopic (exact) mass is 246 g/mol. The predicted molar refractivity (Wildman–Crippen MR) is 70.5 cm³/mol. The lowest BCUT2D eigenvalue weighted by Gasteiger charge is -2.02. The standard InChI is InChI=1S/C14H30O3/c1-3-5-6-7-8-9-10-11-12-13-14-16-17-15-4-2/h3-14H2,1-2H3. The highest BCUT2D eigenvalue weighted by atomic mass is 17.5. The summed E-state index contributed by atoms with van der Waals surface area (Å²) in [5, 5.41) is 4.47. The van der Waals surface area contributed by atoms with Gasteiger partial charge < -0.3 is 0 Å². The first-order valence-electron chi connectivity index (χ1n) is 7.32. The fourth-order valence-electron chi connectivity index (χ4n) is 1.76. The van der Waals surface area contributed by atoms with Crippen molar-refractivity contribution in [1.82, 2.24) is 0 Å². The maximum Gasteiger partial charge on any atom is 0.0853 e. The summed E-state index contributed by atoms with van der Waals surface area (Å²) in [5.41, 5.74) is 0. The normalized spacial score (nSPS) is 10.9. The van der Waals surface area contributed by atoms with E-state index >= 15 is 0 Å². The van der Waals surface area contributed by atoms with Gasteiger partial charge in [0.2, 0.25) is 0 Å². The van der Waals surface area contributed by atoms with Gasteiger partial charge in [0.05, 0.1) is 13.2 Å². The first kappa shape index (κ1) is 16.9. The van der Waals surface area contributed by atoms with Gasteiger partial charge in [-0.3, -0.25) is 0 Å². The molecule has 17 heavy (non-hydrogen) atoms. The van der Waals surface area contributed by atoms with Crippen molar-refractivity contribution in [2.45, 2.75) is 78.1 Å². The molecule has 0 amide bonds. The fraction of sp³-hybridized carbons (Fsp3) is 1.00. The Hall–Kier alpha value is -0.120. The molecular formula is C14H30O3. The Morgan fingerprint density at radius 1 is 0.588 bits per heavy atom. The summed E-state index contributed by atoms with van der Waals surface area (Å²) in [5.74, 6) is 0. The molecule has 0 saturated heterocycles. The molecule has 0 N–H and O–H groups in total. The van der Waals surface area contributed by atoms with Crippen LogP contribution in [0.1, 0.15) is 78.1 Å². The number of rotatable bonds is 14. The van der Waals surface area contributed by atoms with Gasteiger partial charge in [0.1, 0.15) is 0 Å². The van der Waals surface area contributed by atoms with Crippen molar-refractivity contribution < 1.29 is 14.8 Å². The van der Waals surface area contributed by atoms with Gasteiger partial charge in [0.15, 0.2) is 0 Å².